The Morgan fingerprint density at radius 2 is 1.71 bits per heavy atom. The molecule has 0 aromatic heterocycles. The smallest absolute Gasteiger partial charge is 0.342 e. The molecule has 0 aliphatic carbocycles. The highest BCUT2D eigenvalue weighted by Gasteiger charge is 2.29. The highest BCUT2D eigenvalue weighted by atomic mass is 16.3. The molecule has 2 aromatic rings. The summed E-state index contributed by atoms with van der Waals surface area (Å²) in [4.78, 5) is 13.8. The third-order valence-electron chi connectivity index (χ3n) is 3.53. The van der Waals surface area contributed by atoms with Crippen molar-refractivity contribution in [2.45, 2.75) is 13.8 Å². The number of urea groups is 1. The van der Waals surface area contributed by atoms with Crippen LogP contribution in [-0.4, -0.2) is 17.8 Å². The Morgan fingerprint density at radius 1 is 1.05 bits per heavy atom. The molecule has 2 aromatic carbocycles. The summed E-state index contributed by atoms with van der Waals surface area (Å²) in [6, 6.07) is 12.8. The zero-order valence-corrected chi connectivity index (χ0v) is 12.0. The van der Waals surface area contributed by atoms with Crippen molar-refractivity contribution in [3.8, 4) is 5.75 Å². The molecule has 1 saturated heterocycles. The van der Waals surface area contributed by atoms with E-state index >= 15 is 0 Å². The van der Waals surface area contributed by atoms with Crippen LogP contribution >= 0.6 is 0 Å². The molecule has 0 unspecified atom stereocenters. The van der Waals surface area contributed by atoms with Crippen LogP contribution in [0.2, 0.25) is 0 Å². The van der Waals surface area contributed by atoms with Crippen LogP contribution in [0.1, 0.15) is 11.1 Å². The van der Waals surface area contributed by atoms with Gasteiger partial charge >= 0.3 is 6.03 Å². The summed E-state index contributed by atoms with van der Waals surface area (Å²) in [5.41, 5.74) is 6.35. The second-order valence-corrected chi connectivity index (χ2v) is 5.24. The van der Waals surface area contributed by atoms with Crippen LogP contribution in [0.15, 0.2) is 42.5 Å². The maximum absolute atomic E-state index is 12.1. The standard InChI is InChI=1S/C16H17N3O2/c1-11-3-6-13(7-4-11)18-10-19(17-16(18)21)14-9-12(2)5-8-15(14)20/h3-9,20H,10H2,1-2H3,(H,17,21). The van der Waals surface area contributed by atoms with Crippen molar-refractivity contribution in [3.63, 3.8) is 0 Å². The number of carbonyl (C=O) groups is 1. The van der Waals surface area contributed by atoms with E-state index in [-0.39, 0.29) is 11.8 Å². The second kappa shape index (κ2) is 5.01. The Balaban J connectivity index is 1.87. The fourth-order valence-corrected chi connectivity index (χ4v) is 2.33. The summed E-state index contributed by atoms with van der Waals surface area (Å²) >= 11 is 0. The van der Waals surface area contributed by atoms with E-state index in [2.05, 4.69) is 5.43 Å². The summed E-state index contributed by atoms with van der Waals surface area (Å²) in [5, 5.41) is 11.6. The number of benzene rings is 2. The maximum atomic E-state index is 12.1. The van der Waals surface area contributed by atoms with Gasteiger partial charge in [0.2, 0.25) is 0 Å². The van der Waals surface area contributed by atoms with Crippen molar-refractivity contribution in [2.75, 3.05) is 16.6 Å². The number of aryl methyl sites for hydroxylation is 2. The van der Waals surface area contributed by atoms with Crippen molar-refractivity contribution >= 4 is 17.4 Å². The molecule has 5 nitrogen and oxygen atoms in total. The zero-order valence-electron chi connectivity index (χ0n) is 12.0. The van der Waals surface area contributed by atoms with E-state index in [0.29, 0.717) is 12.4 Å². The van der Waals surface area contributed by atoms with Gasteiger partial charge in [-0.3, -0.25) is 9.91 Å². The first-order valence-electron chi connectivity index (χ1n) is 6.76. The fourth-order valence-electron chi connectivity index (χ4n) is 2.33. The number of anilines is 2. The predicted molar refractivity (Wildman–Crippen MR) is 82.4 cm³/mol. The number of aromatic hydroxyl groups is 1. The van der Waals surface area contributed by atoms with Crippen molar-refractivity contribution in [3.05, 3.63) is 53.6 Å². The van der Waals surface area contributed by atoms with Crippen LogP contribution < -0.4 is 15.3 Å². The molecule has 0 atom stereocenters. The van der Waals surface area contributed by atoms with Crippen molar-refractivity contribution in [2.24, 2.45) is 0 Å². The topological polar surface area (TPSA) is 55.8 Å². The van der Waals surface area contributed by atoms with Crippen LogP contribution in [0, 0.1) is 13.8 Å². The largest absolute Gasteiger partial charge is 0.506 e. The summed E-state index contributed by atoms with van der Waals surface area (Å²) in [6.45, 7) is 4.29. The van der Waals surface area contributed by atoms with E-state index < -0.39 is 0 Å². The SMILES string of the molecule is Cc1ccc(N2CN(c3cc(C)ccc3O)NC2=O)cc1. The second-order valence-electron chi connectivity index (χ2n) is 5.24. The number of nitrogens with zero attached hydrogens (tertiary/aromatic N) is 2. The number of nitrogens with one attached hydrogen (secondary N) is 1. The first-order valence-corrected chi connectivity index (χ1v) is 6.76. The summed E-state index contributed by atoms with van der Waals surface area (Å²) in [5.74, 6) is 0.145. The van der Waals surface area contributed by atoms with Gasteiger partial charge in [0.25, 0.3) is 0 Å². The Labute approximate surface area is 123 Å². The number of carbonyl (C=O) groups excluding carboxylic acids is 1. The number of hydrogen-bond donors (Lipinski definition) is 2. The Hall–Kier alpha value is -2.69. The van der Waals surface area contributed by atoms with Crippen molar-refractivity contribution in [1.82, 2.24) is 5.43 Å². The monoisotopic (exact) mass is 283 g/mol. The molecule has 1 fully saturated rings. The third-order valence-corrected chi connectivity index (χ3v) is 3.53. The molecule has 1 aliphatic rings. The normalized spacial score (nSPS) is 14.5. The van der Waals surface area contributed by atoms with E-state index in [1.54, 1.807) is 16.0 Å². The van der Waals surface area contributed by atoms with Crippen LogP contribution in [0.3, 0.4) is 0 Å². The van der Waals surface area contributed by atoms with Gasteiger partial charge in [-0.2, -0.15) is 0 Å². The van der Waals surface area contributed by atoms with E-state index in [1.165, 1.54) is 0 Å². The molecule has 21 heavy (non-hydrogen) atoms. The van der Waals surface area contributed by atoms with Crippen molar-refractivity contribution < 1.29 is 9.90 Å². The van der Waals surface area contributed by atoms with Gasteiger partial charge in [-0.25, -0.2) is 10.2 Å². The lowest BCUT2D eigenvalue weighted by atomic mass is 10.2. The number of hydrogen-bond acceptors (Lipinski definition) is 3. The number of phenols is 1. The van der Waals surface area contributed by atoms with Gasteiger partial charge in [-0.05, 0) is 43.7 Å². The molecule has 0 spiro atoms. The minimum atomic E-state index is -0.209. The molecule has 1 heterocycles. The Kier molecular flexibility index (Phi) is 3.17. The number of phenolic OH excluding ortho intramolecular Hbond substituents is 1. The van der Waals surface area contributed by atoms with E-state index in [9.17, 15) is 9.90 Å². The molecule has 0 radical (unpaired) electrons. The molecule has 5 heteroatoms. The first kappa shape index (κ1) is 13.3. The van der Waals surface area contributed by atoms with Crippen LogP contribution in [0.4, 0.5) is 16.2 Å². The molecule has 1 aliphatic heterocycles. The van der Waals surface area contributed by atoms with Crippen molar-refractivity contribution in [1.29, 1.82) is 0 Å². The summed E-state index contributed by atoms with van der Waals surface area (Å²) in [6.07, 6.45) is 0. The highest BCUT2D eigenvalue weighted by molar-refractivity contribution is 5.96. The molecule has 2 amide bonds. The average Bonchev–Trinajstić information content (AvgIpc) is 2.84. The fraction of sp³-hybridized carbons (Fsp3) is 0.188. The molecular weight excluding hydrogens is 266 g/mol. The Morgan fingerprint density at radius 3 is 2.43 bits per heavy atom. The number of hydrazine groups is 1. The summed E-state index contributed by atoms with van der Waals surface area (Å²) < 4.78 is 0. The van der Waals surface area contributed by atoms with Gasteiger partial charge in [0.15, 0.2) is 0 Å². The maximum Gasteiger partial charge on any atom is 0.342 e. The van der Waals surface area contributed by atoms with Gasteiger partial charge in [-0.15, -0.1) is 0 Å². The third kappa shape index (κ3) is 2.50. The highest BCUT2D eigenvalue weighted by Crippen LogP contribution is 2.30. The van der Waals surface area contributed by atoms with E-state index in [1.807, 2.05) is 50.2 Å². The van der Waals surface area contributed by atoms with Gasteiger partial charge < -0.3 is 5.11 Å². The van der Waals surface area contributed by atoms with Crippen LogP contribution in [0.25, 0.3) is 0 Å². The van der Waals surface area contributed by atoms with E-state index in [0.717, 1.165) is 16.8 Å². The molecule has 3 rings (SSSR count). The minimum absolute atomic E-state index is 0.145. The lowest BCUT2D eigenvalue weighted by molar-refractivity contribution is 0.251. The zero-order chi connectivity index (χ0) is 15.0. The van der Waals surface area contributed by atoms with Crippen LogP contribution in [-0.2, 0) is 0 Å². The first-order chi connectivity index (χ1) is 10.0. The molecule has 108 valence electrons. The number of rotatable bonds is 2. The molecule has 0 saturated carbocycles. The van der Waals surface area contributed by atoms with Crippen LogP contribution in [0.5, 0.6) is 5.75 Å². The quantitative estimate of drug-likeness (QED) is 0.891. The summed E-state index contributed by atoms with van der Waals surface area (Å²) in [7, 11) is 0. The van der Waals surface area contributed by atoms with Gasteiger partial charge in [0.1, 0.15) is 18.1 Å². The molecule has 2 N–H and O–H groups in total. The van der Waals surface area contributed by atoms with Gasteiger partial charge in [0.05, 0.1) is 0 Å². The minimum Gasteiger partial charge on any atom is -0.506 e. The average molecular weight is 283 g/mol. The van der Waals surface area contributed by atoms with Gasteiger partial charge in [0, 0.05) is 5.69 Å². The molecular formula is C16H17N3O2. The number of amides is 2. The van der Waals surface area contributed by atoms with E-state index in [4.69, 9.17) is 0 Å². The van der Waals surface area contributed by atoms with Gasteiger partial charge in [-0.1, -0.05) is 23.8 Å². The predicted octanol–water partition coefficient (Wildman–Crippen LogP) is 2.92. The molecule has 0 bridgehead atoms. The lowest BCUT2D eigenvalue weighted by Crippen LogP contribution is -2.32. The lowest BCUT2D eigenvalue weighted by Gasteiger charge is -2.19. The Bertz CT molecular complexity index is 682.